The SMILES string of the molecule is C=CCSCCNc1cc(=O)[nH]c(CC)n1. The van der Waals surface area contributed by atoms with E-state index in [2.05, 4.69) is 21.9 Å². The summed E-state index contributed by atoms with van der Waals surface area (Å²) < 4.78 is 0. The molecule has 0 atom stereocenters. The first-order valence-corrected chi connectivity index (χ1v) is 6.44. The fourth-order valence-corrected chi connectivity index (χ4v) is 1.76. The van der Waals surface area contributed by atoms with Gasteiger partial charge in [-0.1, -0.05) is 13.0 Å². The number of anilines is 1. The molecule has 0 bridgehead atoms. The third kappa shape index (κ3) is 4.53. The molecule has 2 N–H and O–H groups in total. The number of aromatic amines is 1. The van der Waals surface area contributed by atoms with E-state index in [0.29, 0.717) is 11.6 Å². The lowest BCUT2D eigenvalue weighted by molar-refractivity contribution is 0.918. The van der Waals surface area contributed by atoms with Crippen LogP contribution in [0.2, 0.25) is 0 Å². The molecule has 0 aliphatic carbocycles. The summed E-state index contributed by atoms with van der Waals surface area (Å²) in [5.74, 6) is 3.29. The Bertz CT molecular complexity index is 389. The highest BCUT2D eigenvalue weighted by atomic mass is 32.2. The summed E-state index contributed by atoms with van der Waals surface area (Å²) in [4.78, 5) is 18.2. The van der Waals surface area contributed by atoms with Crippen molar-refractivity contribution in [1.82, 2.24) is 9.97 Å². The van der Waals surface area contributed by atoms with Gasteiger partial charge in [0, 0.05) is 30.5 Å². The van der Waals surface area contributed by atoms with Crippen LogP contribution in [0.5, 0.6) is 0 Å². The Balaban J connectivity index is 2.44. The van der Waals surface area contributed by atoms with Gasteiger partial charge in [0.25, 0.3) is 5.56 Å². The van der Waals surface area contributed by atoms with Gasteiger partial charge in [-0.2, -0.15) is 11.8 Å². The summed E-state index contributed by atoms with van der Waals surface area (Å²) in [5.41, 5.74) is -0.104. The fourth-order valence-electron chi connectivity index (χ4n) is 1.18. The molecule has 0 unspecified atom stereocenters. The van der Waals surface area contributed by atoms with Gasteiger partial charge in [-0.05, 0) is 0 Å². The Morgan fingerprint density at radius 1 is 1.69 bits per heavy atom. The summed E-state index contributed by atoms with van der Waals surface area (Å²) in [5, 5.41) is 3.13. The highest BCUT2D eigenvalue weighted by Crippen LogP contribution is 2.02. The molecule has 0 aromatic carbocycles. The van der Waals surface area contributed by atoms with Crippen LogP contribution in [-0.4, -0.2) is 28.0 Å². The topological polar surface area (TPSA) is 57.8 Å². The Morgan fingerprint density at radius 3 is 3.19 bits per heavy atom. The number of hydrogen-bond acceptors (Lipinski definition) is 4. The van der Waals surface area contributed by atoms with Crippen LogP contribution < -0.4 is 10.9 Å². The molecular weight excluding hydrogens is 222 g/mol. The molecule has 4 nitrogen and oxygen atoms in total. The average molecular weight is 239 g/mol. The lowest BCUT2D eigenvalue weighted by Gasteiger charge is -2.05. The van der Waals surface area contributed by atoms with E-state index in [0.717, 1.165) is 24.5 Å². The molecule has 0 aliphatic rings. The zero-order valence-electron chi connectivity index (χ0n) is 9.45. The Hall–Kier alpha value is -1.23. The molecule has 0 spiro atoms. The average Bonchev–Trinajstić information content (AvgIpc) is 2.28. The highest BCUT2D eigenvalue weighted by Gasteiger charge is 1.98. The summed E-state index contributed by atoms with van der Waals surface area (Å²) in [6.07, 6.45) is 2.61. The van der Waals surface area contributed by atoms with E-state index in [1.807, 2.05) is 13.0 Å². The van der Waals surface area contributed by atoms with E-state index in [1.54, 1.807) is 11.8 Å². The zero-order valence-corrected chi connectivity index (χ0v) is 10.3. The number of aryl methyl sites for hydroxylation is 1. The zero-order chi connectivity index (χ0) is 11.8. The Labute approximate surface area is 99.6 Å². The van der Waals surface area contributed by atoms with Crippen LogP contribution in [0.15, 0.2) is 23.5 Å². The Kier molecular flexibility index (Phi) is 5.71. The van der Waals surface area contributed by atoms with Crippen LogP contribution in [0.3, 0.4) is 0 Å². The summed E-state index contributed by atoms with van der Waals surface area (Å²) in [7, 11) is 0. The van der Waals surface area contributed by atoms with Crippen molar-refractivity contribution in [2.24, 2.45) is 0 Å². The molecule has 0 saturated heterocycles. The van der Waals surface area contributed by atoms with Crippen molar-refractivity contribution in [3.63, 3.8) is 0 Å². The standard InChI is InChI=1S/C11H17N3OS/c1-3-6-16-7-5-12-10-8-11(15)14-9(4-2)13-10/h3,8H,1,4-7H2,2H3,(H2,12,13,14,15). The molecule has 0 aliphatic heterocycles. The molecular formula is C11H17N3OS. The van der Waals surface area contributed by atoms with Crippen molar-refractivity contribution in [3.05, 3.63) is 34.9 Å². The van der Waals surface area contributed by atoms with Crippen LogP contribution in [0, 0.1) is 0 Å². The van der Waals surface area contributed by atoms with Crippen molar-refractivity contribution in [1.29, 1.82) is 0 Å². The molecule has 0 saturated carbocycles. The number of hydrogen-bond donors (Lipinski definition) is 2. The van der Waals surface area contributed by atoms with Gasteiger partial charge >= 0.3 is 0 Å². The van der Waals surface area contributed by atoms with Gasteiger partial charge in [-0.15, -0.1) is 6.58 Å². The minimum atomic E-state index is -0.104. The van der Waals surface area contributed by atoms with E-state index in [9.17, 15) is 4.79 Å². The van der Waals surface area contributed by atoms with Crippen molar-refractivity contribution < 1.29 is 0 Å². The smallest absolute Gasteiger partial charge is 0.252 e. The second kappa shape index (κ2) is 7.11. The number of nitrogens with zero attached hydrogens (tertiary/aromatic N) is 1. The molecule has 1 rings (SSSR count). The van der Waals surface area contributed by atoms with Crippen LogP contribution in [0.1, 0.15) is 12.7 Å². The first kappa shape index (κ1) is 12.8. The first-order valence-electron chi connectivity index (χ1n) is 5.29. The molecule has 5 heteroatoms. The maximum atomic E-state index is 11.3. The monoisotopic (exact) mass is 239 g/mol. The molecule has 1 aromatic heterocycles. The molecule has 0 fully saturated rings. The highest BCUT2D eigenvalue weighted by molar-refractivity contribution is 7.99. The van der Waals surface area contributed by atoms with Crippen LogP contribution in [-0.2, 0) is 6.42 Å². The van der Waals surface area contributed by atoms with Gasteiger partial charge < -0.3 is 10.3 Å². The van der Waals surface area contributed by atoms with Crippen molar-refractivity contribution in [2.75, 3.05) is 23.4 Å². The molecule has 16 heavy (non-hydrogen) atoms. The Morgan fingerprint density at radius 2 is 2.50 bits per heavy atom. The van der Waals surface area contributed by atoms with Crippen LogP contribution in [0.4, 0.5) is 5.82 Å². The summed E-state index contributed by atoms with van der Waals surface area (Å²) >= 11 is 1.79. The van der Waals surface area contributed by atoms with E-state index in [-0.39, 0.29) is 5.56 Å². The van der Waals surface area contributed by atoms with Crippen LogP contribution >= 0.6 is 11.8 Å². The molecule has 1 aromatic rings. The second-order valence-corrected chi connectivity index (χ2v) is 4.37. The van der Waals surface area contributed by atoms with Gasteiger partial charge in [-0.25, -0.2) is 4.98 Å². The van der Waals surface area contributed by atoms with Gasteiger partial charge in [0.15, 0.2) is 0 Å². The first-order chi connectivity index (χ1) is 7.76. The lowest BCUT2D eigenvalue weighted by atomic mass is 10.4. The van der Waals surface area contributed by atoms with Crippen molar-refractivity contribution >= 4 is 17.6 Å². The lowest BCUT2D eigenvalue weighted by Crippen LogP contribution is -2.14. The van der Waals surface area contributed by atoms with Gasteiger partial charge in [0.05, 0.1) is 0 Å². The molecule has 0 radical (unpaired) electrons. The van der Waals surface area contributed by atoms with E-state index < -0.39 is 0 Å². The molecule has 0 amide bonds. The van der Waals surface area contributed by atoms with E-state index >= 15 is 0 Å². The largest absolute Gasteiger partial charge is 0.369 e. The number of aromatic nitrogens is 2. The third-order valence-electron chi connectivity index (χ3n) is 1.91. The number of H-pyrrole nitrogens is 1. The van der Waals surface area contributed by atoms with Gasteiger partial charge in [0.1, 0.15) is 11.6 Å². The fraction of sp³-hybridized carbons (Fsp3) is 0.455. The number of rotatable bonds is 7. The minimum Gasteiger partial charge on any atom is -0.369 e. The van der Waals surface area contributed by atoms with Crippen LogP contribution in [0.25, 0.3) is 0 Å². The third-order valence-corrected chi connectivity index (χ3v) is 2.88. The minimum absolute atomic E-state index is 0.104. The van der Waals surface area contributed by atoms with E-state index in [1.165, 1.54) is 6.07 Å². The summed E-state index contributed by atoms with van der Waals surface area (Å²) in [6.45, 7) is 6.42. The van der Waals surface area contributed by atoms with E-state index in [4.69, 9.17) is 0 Å². The quantitative estimate of drug-likeness (QED) is 0.561. The maximum absolute atomic E-state index is 11.3. The predicted molar refractivity (Wildman–Crippen MR) is 70.2 cm³/mol. The molecule has 88 valence electrons. The van der Waals surface area contributed by atoms with Crippen molar-refractivity contribution in [2.45, 2.75) is 13.3 Å². The number of thioether (sulfide) groups is 1. The van der Waals surface area contributed by atoms with Gasteiger partial charge in [0.2, 0.25) is 0 Å². The second-order valence-electron chi connectivity index (χ2n) is 3.22. The molecule has 1 heterocycles. The number of nitrogens with one attached hydrogen (secondary N) is 2. The van der Waals surface area contributed by atoms with Gasteiger partial charge in [-0.3, -0.25) is 4.79 Å². The van der Waals surface area contributed by atoms with Crippen molar-refractivity contribution in [3.8, 4) is 0 Å². The maximum Gasteiger partial charge on any atom is 0.252 e. The summed E-state index contributed by atoms with van der Waals surface area (Å²) in [6, 6.07) is 1.48. The normalized spacial score (nSPS) is 10.1. The predicted octanol–water partition coefficient (Wildman–Crippen LogP) is 1.66.